The van der Waals surface area contributed by atoms with Crippen molar-refractivity contribution in [2.45, 2.75) is 6.29 Å². The molecule has 3 N–H and O–H groups in total. The van der Waals surface area contributed by atoms with Crippen molar-refractivity contribution in [2.75, 3.05) is 14.1 Å². The van der Waals surface area contributed by atoms with Crippen LogP contribution in [0.1, 0.15) is 0 Å². The van der Waals surface area contributed by atoms with E-state index in [1.54, 1.807) is 20.3 Å². The number of nitrogens with zero attached hydrogens (tertiary/aromatic N) is 1. The molecule has 0 aromatic carbocycles. The third-order valence-electron chi connectivity index (χ3n) is 0.786. The van der Waals surface area contributed by atoms with Gasteiger partial charge in [0.15, 0.2) is 6.19 Å². The maximum Gasteiger partial charge on any atom is 0.178 e. The molecule has 4 nitrogen and oxygen atoms in total. The third-order valence-corrected chi connectivity index (χ3v) is 0.786. The van der Waals surface area contributed by atoms with Crippen LogP contribution in [-0.2, 0) is 0 Å². The molecule has 0 aromatic rings. The van der Waals surface area contributed by atoms with Crippen LogP contribution in [0.2, 0.25) is 0 Å². The zero-order valence-electron chi connectivity index (χ0n) is 5.02. The van der Waals surface area contributed by atoms with E-state index in [9.17, 15) is 0 Å². The summed E-state index contributed by atoms with van der Waals surface area (Å²) in [4.78, 5) is 0. The summed E-state index contributed by atoms with van der Waals surface area (Å²) in [5.41, 5.74) is 0. The molecule has 0 amide bonds. The number of nitrogens with one attached hydrogen (secondary N) is 3. The van der Waals surface area contributed by atoms with Gasteiger partial charge in [-0.25, -0.2) is 0 Å². The minimum atomic E-state index is -0.111. The standard InChI is InChI=1S/C4H10N4/c1-6-4(7-2)8-3-5/h4,6-8H,1-2H3. The van der Waals surface area contributed by atoms with Gasteiger partial charge in [0.1, 0.15) is 6.29 Å². The maximum atomic E-state index is 8.06. The molecular formula is C4H10N4. The highest BCUT2D eigenvalue weighted by molar-refractivity contribution is 4.69. The monoisotopic (exact) mass is 114 g/mol. The van der Waals surface area contributed by atoms with Gasteiger partial charge in [-0.3, -0.25) is 16.0 Å². The second-order valence-electron chi connectivity index (χ2n) is 1.27. The number of rotatable bonds is 3. The van der Waals surface area contributed by atoms with Gasteiger partial charge in [-0.2, -0.15) is 5.26 Å². The largest absolute Gasteiger partial charge is 0.295 e. The average Bonchev–Trinajstić information content (AvgIpc) is 1.83. The molecule has 0 radical (unpaired) electrons. The van der Waals surface area contributed by atoms with Crippen molar-refractivity contribution in [2.24, 2.45) is 0 Å². The van der Waals surface area contributed by atoms with Gasteiger partial charge in [-0.15, -0.1) is 0 Å². The van der Waals surface area contributed by atoms with Crippen molar-refractivity contribution in [1.82, 2.24) is 16.0 Å². The average molecular weight is 114 g/mol. The number of hydrogen-bond donors (Lipinski definition) is 3. The predicted octanol–water partition coefficient (Wildman–Crippen LogP) is -1.22. The Morgan fingerprint density at radius 3 is 2.00 bits per heavy atom. The van der Waals surface area contributed by atoms with Gasteiger partial charge in [0, 0.05) is 0 Å². The van der Waals surface area contributed by atoms with Crippen LogP contribution in [0, 0.1) is 11.5 Å². The summed E-state index contributed by atoms with van der Waals surface area (Å²) in [6.07, 6.45) is 1.68. The molecule has 0 aromatic heterocycles. The fourth-order valence-corrected chi connectivity index (χ4v) is 0.353. The molecule has 0 rings (SSSR count). The summed E-state index contributed by atoms with van der Waals surface area (Å²) >= 11 is 0. The summed E-state index contributed by atoms with van der Waals surface area (Å²) in [6.45, 7) is 0. The molecule has 0 bridgehead atoms. The quantitative estimate of drug-likeness (QED) is 0.244. The Kier molecular flexibility index (Phi) is 3.94. The number of hydrogen-bond acceptors (Lipinski definition) is 4. The van der Waals surface area contributed by atoms with E-state index in [1.807, 2.05) is 0 Å². The van der Waals surface area contributed by atoms with Crippen LogP contribution in [-0.4, -0.2) is 20.4 Å². The zero-order chi connectivity index (χ0) is 6.41. The van der Waals surface area contributed by atoms with Crippen LogP contribution in [0.4, 0.5) is 0 Å². The van der Waals surface area contributed by atoms with Gasteiger partial charge in [-0.05, 0) is 14.1 Å². The lowest BCUT2D eigenvalue weighted by Crippen LogP contribution is -2.47. The predicted molar refractivity (Wildman–Crippen MR) is 30.7 cm³/mol. The van der Waals surface area contributed by atoms with Gasteiger partial charge in [0.2, 0.25) is 0 Å². The van der Waals surface area contributed by atoms with Crippen molar-refractivity contribution in [1.29, 1.82) is 5.26 Å². The Balaban J connectivity index is 3.25. The van der Waals surface area contributed by atoms with Gasteiger partial charge < -0.3 is 0 Å². The lowest BCUT2D eigenvalue weighted by Gasteiger charge is -2.10. The van der Waals surface area contributed by atoms with E-state index < -0.39 is 0 Å². The Morgan fingerprint density at radius 1 is 1.38 bits per heavy atom. The molecular weight excluding hydrogens is 104 g/mol. The van der Waals surface area contributed by atoms with E-state index in [4.69, 9.17) is 5.26 Å². The van der Waals surface area contributed by atoms with Crippen molar-refractivity contribution in [3.05, 3.63) is 0 Å². The third kappa shape index (κ3) is 2.39. The number of nitriles is 1. The molecule has 0 unspecified atom stereocenters. The van der Waals surface area contributed by atoms with E-state index >= 15 is 0 Å². The second-order valence-corrected chi connectivity index (χ2v) is 1.27. The Morgan fingerprint density at radius 2 is 1.88 bits per heavy atom. The molecule has 0 atom stereocenters. The van der Waals surface area contributed by atoms with Crippen LogP contribution in [0.25, 0.3) is 0 Å². The Labute approximate surface area is 48.9 Å². The minimum absolute atomic E-state index is 0.111. The molecule has 46 valence electrons. The fourth-order valence-electron chi connectivity index (χ4n) is 0.353. The molecule has 0 aliphatic heterocycles. The lowest BCUT2D eigenvalue weighted by atomic mass is 10.8. The zero-order valence-corrected chi connectivity index (χ0v) is 5.02. The summed E-state index contributed by atoms with van der Waals surface area (Å²) in [7, 11) is 3.51. The first kappa shape index (κ1) is 7.21. The fraction of sp³-hybridized carbons (Fsp3) is 0.750. The smallest absolute Gasteiger partial charge is 0.178 e. The van der Waals surface area contributed by atoms with Crippen molar-refractivity contribution >= 4 is 0 Å². The van der Waals surface area contributed by atoms with Gasteiger partial charge in [0.05, 0.1) is 0 Å². The van der Waals surface area contributed by atoms with E-state index in [2.05, 4.69) is 16.0 Å². The molecule has 0 saturated carbocycles. The molecule has 0 heterocycles. The molecule has 0 aliphatic carbocycles. The van der Waals surface area contributed by atoms with E-state index in [-0.39, 0.29) is 6.29 Å². The Hall–Kier alpha value is -0.790. The second kappa shape index (κ2) is 4.37. The van der Waals surface area contributed by atoms with Crippen LogP contribution in [0.5, 0.6) is 0 Å². The first-order valence-electron chi connectivity index (χ1n) is 2.34. The van der Waals surface area contributed by atoms with Crippen molar-refractivity contribution < 1.29 is 0 Å². The molecule has 0 fully saturated rings. The Bertz CT molecular complexity index is 80.5. The summed E-state index contributed by atoms with van der Waals surface area (Å²) in [5, 5.41) is 16.1. The molecule has 0 spiro atoms. The highest BCUT2D eigenvalue weighted by Crippen LogP contribution is 1.59. The van der Waals surface area contributed by atoms with Crippen LogP contribution in [0.3, 0.4) is 0 Å². The molecule has 0 saturated heterocycles. The van der Waals surface area contributed by atoms with E-state index in [0.29, 0.717) is 0 Å². The van der Waals surface area contributed by atoms with Crippen LogP contribution < -0.4 is 16.0 Å². The SMILES string of the molecule is CNC(NC)NC#N. The summed E-state index contributed by atoms with van der Waals surface area (Å²) in [6, 6.07) is 0. The minimum Gasteiger partial charge on any atom is -0.295 e. The highest BCUT2D eigenvalue weighted by atomic mass is 15.3. The first-order chi connectivity index (χ1) is 3.85. The van der Waals surface area contributed by atoms with Gasteiger partial charge in [0.25, 0.3) is 0 Å². The molecule has 4 heteroatoms. The van der Waals surface area contributed by atoms with E-state index in [1.165, 1.54) is 0 Å². The van der Waals surface area contributed by atoms with Gasteiger partial charge in [-0.1, -0.05) is 0 Å². The first-order valence-corrected chi connectivity index (χ1v) is 2.34. The lowest BCUT2D eigenvalue weighted by molar-refractivity contribution is 0.457. The topological polar surface area (TPSA) is 59.9 Å². The maximum absolute atomic E-state index is 8.06. The van der Waals surface area contributed by atoms with Gasteiger partial charge >= 0.3 is 0 Å². The van der Waals surface area contributed by atoms with Crippen LogP contribution >= 0.6 is 0 Å². The van der Waals surface area contributed by atoms with Crippen molar-refractivity contribution in [3.8, 4) is 6.19 Å². The van der Waals surface area contributed by atoms with E-state index in [0.717, 1.165) is 0 Å². The highest BCUT2D eigenvalue weighted by Gasteiger charge is 1.94. The summed E-state index contributed by atoms with van der Waals surface area (Å²) < 4.78 is 0. The normalized spacial score (nSPS) is 8.75. The van der Waals surface area contributed by atoms with Crippen molar-refractivity contribution in [3.63, 3.8) is 0 Å². The van der Waals surface area contributed by atoms with Crippen LogP contribution in [0.15, 0.2) is 0 Å². The summed E-state index contributed by atoms with van der Waals surface area (Å²) in [5.74, 6) is 0. The molecule has 8 heavy (non-hydrogen) atoms. The molecule has 0 aliphatic rings.